The third-order valence-corrected chi connectivity index (χ3v) is 12.9. The molecule has 0 unspecified atom stereocenters. The molecule has 3 aliphatic rings. The summed E-state index contributed by atoms with van der Waals surface area (Å²) < 4.78 is 0. The summed E-state index contributed by atoms with van der Waals surface area (Å²) in [7, 11) is 0. The molecule has 22 nitrogen and oxygen atoms in total. The van der Waals surface area contributed by atoms with Gasteiger partial charge in [-0.1, -0.05) is 72.8 Å². The van der Waals surface area contributed by atoms with Gasteiger partial charge in [-0.25, -0.2) is 0 Å². The monoisotopic (exact) mass is 992 g/mol. The molecule has 0 aliphatic carbocycles. The van der Waals surface area contributed by atoms with E-state index in [0.717, 1.165) is 0 Å². The molecule has 384 valence electrons. The maximum Gasteiger partial charge on any atom is 0.246 e. The topological polar surface area (TPSA) is 343 Å². The molecule has 72 heavy (non-hydrogen) atoms. The lowest BCUT2D eigenvalue weighted by atomic mass is 10.0. The first kappa shape index (κ1) is 53.3. The van der Waals surface area contributed by atoms with Gasteiger partial charge >= 0.3 is 0 Å². The molecule has 13 N–H and O–H groups in total. The number of hydrogen-bond acceptors (Lipinski definition) is 11. The van der Waals surface area contributed by atoms with Gasteiger partial charge in [-0.15, -0.1) is 0 Å². The number of hydrogen-bond donors (Lipinski definition) is 10. The number of aromatic hydroxyl groups is 1. The first-order valence-electron chi connectivity index (χ1n) is 24.1. The molecule has 8 atom stereocenters. The first-order valence-corrected chi connectivity index (χ1v) is 24.1. The molecule has 3 aromatic carbocycles. The Labute approximate surface area is 416 Å². The van der Waals surface area contributed by atoms with Crippen LogP contribution in [0.25, 0.3) is 0 Å². The van der Waals surface area contributed by atoms with Crippen LogP contribution in [0.4, 0.5) is 0 Å². The number of benzene rings is 3. The third-order valence-electron chi connectivity index (χ3n) is 12.9. The molecular weight excluding hydrogens is 929 g/mol. The second-order valence-electron chi connectivity index (χ2n) is 18.3. The second-order valence-corrected chi connectivity index (χ2v) is 18.3. The van der Waals surface area contributed by atoms with Crippen molar-refractivity contribution in [3.05, 3.63) is 102 Å². The fourth-order valence-corrected chi connectivity index (χ4v) is 9.11. The summed E-state index contributed by atoms with van der Waals surface area (Å²) in [6.45, 7) is 1.74. The quantitative estimate of drug-likeness (QED) is 0.0550. The Hall–Kier alpha value is -8.04. The summed E-state index contributed by atoms with van der Waals surface area (Å²) >= 11 is 0. The zero-order valence-electron chi connectivity index (χ0n) is 40.1. The van der Waals surface area contributed by atoms with Gasteiger partial charge in [0.1, 0.15) is 54.1 Å². The van der Waals surface area contributed by atoms with Gasteiger partial charge in [-0.3, -0.25) is 48.1 Å². The average Bonchev–Trinajstić information content (AvgIpc) is 4.06. The molecule has 0 spiro atoms. The summed E-state index contributed by atoms with van der Waals surface area (Å²) in [6, 6.07) is 12.8. The Balaban J connectivity index is 1.39. The van der Waals surface area contributed by atoms with Crippen LogP contribution in [-0.2, 0) is 62.4 Å². The summed E-state index contributed by atoms with van der Waals surface area (Å²) in [6.07, 6.45) is 0.554. The fourth-order valence-electron chi connectivity index (χ4n) is 9.11. The van der Waals surface area contributed by atoms with E-state index in [-0.39, 0.29) is 76.3 Å². The number of amides is 9. The van der Waals surface area contributed by atoms with Gasteiger partial charge in [0, 0.05) is 38.9 Å². The number of carbonyl (C=O) groups excluding carboxylic acids is 9. The Morgan fingerprint density at radius 1 is 0.556 bits per heavy atom. The lowest BCUT2D eigenvalue weighted by Gasteiger charge is -2.33. The van der Waals surface area contributed by atoms with E-state index in [2.05, 4.69) is 36.9 Å². The predicted octanol–water partition coefficient (Wildman–Crippen LogP) is -1.73. The van der Waals surface area contributed by atoms with Gasteiger partial charge in [0.2, 0.25) is 53.2 Å². The summed E-state index contributed by atoms with van der Waals surface area (Å²) in [5.41, 5.74) is 18.5. The SMILES string of the molecule is C[C@@H]1NC(=O)[C@H](CC(N)=O)NC(=O)[C@H](Cc2ccccc2)NC(=O)[C@H](Cc2ccccc2)NC(=O)[C@H](CCCN=C(N)N)NC(=O)[C@@H]2CCCN2C(=O)[C@H]2CCCN2C(=O)[C@H](Cc2ccc(O)cc2)NC1=O. The number of primary amides is 1. The van der Waals surface area contributed by atoms with E-state index in [0.29, 0.717) is 29.5 Å². The lowest BCUT2D eigenvalue weighted by Crippen LogP contribution is -2.61. The maximum absolute atomic E-state index is 14.6. The van der Waals surface area contributed by atoms with Crippen LogP contribution in [0.5, 0.6) is 5.75 Å². The van der Waals surface area contributed by atoms with Gasteiger partial charge in [-0.05, 0) is 74.3 Å². The highest BCUT2D eigenvalue weighted by Gasteiger charge is 2.45. The molecule has 0 radical (unpaired) electrons. The van der Waals surface area contributed by atoms with Gasteiger partial charge in [0.15, 0.2) is 5.96 Å². The normalized spacial score (nSPS) is 25.1. The minimum absolute atomic E-state index is 0.00525. The first-order chi connectivity index (χ1) is 34.5. The van der Waals surface area contributed by atoms with Crippen molar-refractivity contribution in [2.45, 2.75) is 119 Å². The Morgan fingerprint density at radius 3 is 1.57 bits per heavy atom. The number of guanidine groups is 1. The Kier molecular flexibility index (Phi) is 18.7. The van der Waals surface area contributed by atoms with Crippen molar-refractivity contribution in [2.24, 2.45) is 22.2 Å². The van der Waals surface area contributed by atoms with Crippen molar-refractivity contribution in [1.29, 1.82) is 0 Å². The van der Waals surface area contributed by atoms with Crippen molar-refractivity contribution in [1.82, 2.24) is 41.7 Å². The van der Waals surface area contributed by atoms with Crippen molar-refractivity contribution in [2.75, 3.05) is 19.6 Å². The molecule has 3 aliphatic heterocycles. The van der Waals surface area contributed by atoms with E-state index in [4.69, 9.17) is 17.2 Å². The molecule has 3 fully saturated rings. The highest BCUT2D eigenvalue weighted by Crippen LogP contribution is 2.27. The predicted molar refractivity (Wildman–Crippen MR) is 263 cm³/mol. The molecule has 22 heteroatoms. The Bertz CT molecular complexity index is 2470. The number of fused-ring (bicyclic) bond motifs is 2. The van der Waals surface area contributed by atoms with Crippen LogP contribution in [0.3, 0.4) is 0 Å². The number of aliphatic imine (C=N–C) groups is 1. The highest BCUT2D eigenvalue weighted by molar-refractivity contribution is 6.00. The summed E-state index contributed by atoms with van der Waals surface area (Å²) in [4.78, 5) is 134. The van der Waals surface area contributed by atoms with Crippen LogP contribution in [0, 0.1) is 0 Å². The summed E-state index contributed by atoms with van der Waals surface area (Å²) in [5.74, 6) is -7.26. The number of phenols is 1. The average molecular weight is 993 g/mol. The van der Waals surface area contributed by atoms with Gasteiger partial charge < -0.3 is 64.0 Å². The molecule has 9 amide bonds. The van der Waals surface area contributed by atoms with Crippen LogP contribution < -0.4 is 49.1 Å². The number of nitrogens with one attached hydrogen (secondary N) is 6. The van der Waals surface area contributed by atoms with Crippen LogP contribution in [0.1, 0.15) is 68.6 Å². The van der Waals surface area contributed by atoms with Crippen LogP contribution >= 0.6 is 0 Å². The zero-order chi connectivity index (χ0) is 51.9. The number of nitrogens with two attached hydrogens (primary N) is 3. The van der Waals surface area contributed by atoms with Crippen LogP contribution in [0.2, 0.25) is 0 Å². The second kappa shape index (κ2) is 25.2. The third kappa shape index (κ3) is 14.7. The van der Waals surface area contributed by atoms with Crippen molar-refractivity contribution < 1.29 is 48.3 Å². The van der Waals surface area contributed by atoms with Gasteiger partial charge in [0.05, 0.1) is 6.42 Å². The molecular formula is C50H64N12O10. The minimum Gasteiger partial charge on any atom is -0.508 e. The number of carbonyl (C=O) groups is 9. The van der Waals surface area contributed by atoms with Crippen molar-refractivity contribution in [3.63, 3.8) is 0 Å². The number of phenolic OH excluding ortho intramolecular Hbond substituents is 1. The van der Waals surface area contributed by atoms with E-state index in [1.807, 2.05) is 0 Å². The van der Waals surface area contributed by atoms with E-state index in [1.54, 1.807) is 72.8 Å². The fraction of sp³-hybridized carbons (Fsp3) is 0.440. The number of rotatable bonds is 12. The standard InChI is InChI=1S/C50H64N12O10/c1-29-42(65)60-38(27-32-18-20-33(63)21-19-32)48(71)62-24-10-17-40(62)49(72)61-23-9-16-39(61)47(70)56-34(15-8-22-54-50(52)53)43(66)57-35(25-30-11-4-2-5-12-30)45(68)58-36(26-31-13-6-3-7-14-31)46(69)59-37(28-41(51)64)44(67)55-29/h2-7,11-14,18-21,29,34-40,63H,8-10,15-17,22-28H2,1H3,(H2,51,64)(H,55,67)(H,56,70)(H,57,66)(H,58,68)(H,59,69)(H,60,65)(H4,52,53,54)/t29-,34-,35-,36-,37-,38-,39-,40+/m0/s1. The van der Waals surface area contributed by atoms with Gasteiger partial charge in [-0.2, -0.15) is 0 Å². The minimum atomic E-state index is -1.66. The largest absolute Gasteiger partial charge is 0.508 e. The molecule has 3 heterocycles. The van der Waals surface area contributed by atoms with Crippen molar-refractivity contribution >= 4 is 59.1 Å². The maximum atomic E-state index is 14.6. The Morgan fingerprint density at radius 2 is 1.01 bits per heavy atom. The van der Waals surface area contributed by atoms with E-state index >= 15 is 0 Å². The molecule has 0 bridgehead atoms. The van der Waals surface area contributed by atoms with E-state index < -0.39 is 108 Å². The zero-order valence-corrected chi connectivity index (χ0v) is 40.1. The van der Waals surface area contributed by atoms with Gasteiger partial charge in [0.25, 0.3) is 0 Å². The molecule has 0 aromatic heterocycles. The molecule has 3 saturated heterocycles. The highest BCUT2D eigenvalue weighted by atomic mass is 16.3. The van der Waals surface area contributed by atoms with Crippen molar-refractivity contribution in [3.8, 4) is 5.75 Å². The molecule has 6 rings (SSSR count). The lowest BCUT2D eigenvalue weighted by molar-refractivity contribution is -0.148. The van der Waals surface area contributed by atoms with Crippen LogP contribution in [0.15, 0.2) is 89.9 Å². The van der Waals surface area contributed by atoms with E-state index in [9.17, 15) is 48.3 Å². The summed E-state index contributed by atoms with van der Waals surface area (Å²) in [5, 5.41) is 26.0. The number of nitrogens with zero attached hydrogens (tertiary/aromatic N) is 3. The molecule has 3 aromatic rings. The van der Waals surface area contributed by atoms with Crippen LogP contribution in [-0.4, -0.2) is 142 Å². The molecule has 0 saturated carbocycles. The van der Waals surface area contributed by atoms with E-state index in [1.165, 1.54) is 28.9 Å². The smallest absolute Gasteiger partial charge is 0.246 e.